The van der Waals surface area contributed by atoms with Crippen molar-refractivity contribution in [3.8, 4) is 0 Å². The zero-order valence-electron chi connectivity index (χ0n) is 14.2. The van der Waals surface area contributed by atoms with Gasteiger partial charge in [-0.3, -0.25) is 14.5 Å². The molecule has 2 fully saturated rings. The fourth-order valence-corrected chi connectivity index (χ4v) is 3.29. The van der Waals surface area contributed by atoms with Crippen molar-refractivity contribution in [1.29, 1.82) is 0 Å². The van der Waals surface area contributed by atoms with Gasteiger partial charge in [0.25, 0.3) is 0 Å². The van der Waals surface area contributed by atoms with Gasteiger partial charge in [0.1, 0.15) is 0 Å². The molecule has 2 saturated heterocycles. The van der Waals surface area contributed by atoms with E-state index in [4.69, 9.17) is 4.74 Å². The summed E-state index contributed by atoms with van der Waals surface area (Å²) in [5.41, 5.74) is 1.28. The third kappa shape index (κ3) is 3.76. The summed E-state index contributed by atoms with van der Waals surface area (Å²) in [6.07, 6.45) is 0. The Morgan fingerprint density at radius 1 is 0.875 bits per heavy atom. The van der Waals surface area contributed by atoms with Crippen LogP contribution in [0.3, 0.4) is 0 Å². The van der Waals surface area contributed by atoms with Crippen molar-refractivity contribution in [2.24, 2.45) is 0 Å². The van der Waals surface area contributed by atoms with E-state index in [0.717, 1.165) is 13.1 Å². The van der Waals surface area contributed by atoms with Gasteiger partial charge in [-0.05, 0) is 12.5 Å². The molecule has 0 bridgehead atoms. The number of nitrogens with zero attached hydrogens (tertiary/aromatic N) is 3. The standard InChI is InChI=1S/C18H25N3O3/c1-15(16-5-3-2-4-6-16)19-7-9-20(10-8-19)17(22)18(23)21-11-13-24-14-12-21/h2-6,15H,7-14H2,1H3. The highest BCUT2D eigenvalue weighted by molar-refractivity contribution is 6.34. The predicted octanol–water partition coefficient (Wildman–Crippen LogP) is 0.751. The van der Waals surface area contributed by atoms with Gasteiger partial charge < -0.3 is 14.5 Å². The minimum absolute atomic E-state index is 0.318. The van der Waals surface area contributed by atoms with Crippen molar-refractivity contribution in [3.63, 3.8) is 0 Å². The number of benzene rings is 1. The van der Waals surface area contributed by atoms with Crippen LogP contribution in [0.2, 0.25) is 0 Å². The molecule has 3 rings (SSSR count). The maximum Gasteiger partial charge on any atom is 0.312 e. The molecule has 130 valence electrons. The molecule has 6 nitrogen and oxygen atoms in total. The summed E-state index contributed by atoms with van der Waals surface area (Å²) < 4.78 is 5.23. The van der Waals surface area contributed by atoms with Gasteiger partial charge in [-0.2, -0.15) is 0 Å². The molecule has 0 saturated carbocycles. The molecule has 0 aromatic heterocycles. The Morgan fingerprint density at radius 2 is 1.42 bits per heavy atom. The number of hydrogen-bond donors (Lipinski definition) is 0. The summed E-state index contributed by atoms with van der Waals surface area (Å²) in [5, 5.41) is 0. The van der Waals surface area contributed by atoms with E-state index in [0.29, 0.717) is 45.4 Å². The molecule has 0 N–H and O–H groups in total. The van der Waals surface area contributed by atoms with E-state index in [9.17, 15) is 9.59 Å². The summed E-state index contributed by atoms with van der Waals surface area (Å²) >= 11 is 0. The lowest BCUT2D eigenvalue weighted by Gasteiger charge is -2.38. The molecule has 1 aromatic rings. The van der Waals surface area contributed by atoms with Crippen LogP contribution in [0.15, 0.2) is 30.3 Å². The lowest BCUT2D eigenvalue weighted by Crippen LogP contribution is -2.54. The average molecular weight is 331 g/mol. The molecule has 2 aliphatic rings. The van der Waals surface area contributed by atoms with Crippen molar-refractivity contribution in [1.82, 2.24) is 14.7 Å². The van der Waals surface area contributed by atoms with Gasteiger partial charge in [0.05, 0.1) is 13.2 Å². The number of piperazine rings is 1. The lowest BCUT2D eigenvalue weighted by molar-refractivity contribution is -0.155. The molecule has 1 atom stereocenters. The smallest absolute Gasteiger partial charge is 0.312 e. The van der Waals surface area contributed by atoms with E-state index < -0.39 is 0 Å². The highest BCUT2D eigenvalue weighted by atomic mass is 16.5. The molecule has 2 amide bonds. The second-order valence-corrected chi connectivity index (χ2v) is 6.32. The van der Waals surface area contributed by atoms with E-state index in [1.54, 1.807) is 9.80 Å². The predicted molar refractivity (Wildman–Crippen MR) is 90.4 cm³/mol. The van der Waals surface area contributed by atoms with Crippen molar-refractivity contribution >= 4 is 11.8 Å². The fraction of sp³-hybridized carbons (Fsp3) is 0.556. The van der Waals surface area contributed by atoms with Crippen LogP contribution >= 0.6 is 0 Å². The first kappa shape index (κ1) is 16.9. The summed E-state index contributed by atoms with van der Waals surface area (Å²) in [4.78, 5) is 30.4. The molecule has 2 heterocycles. The Labute approximate surface area is 143 Å². The van der Waals surface area contributed by atoms with Crippen LogP contribution in [-0.2, 0) is 14.3 Å². The van der Waals surface area contributed by atoms with Crippen molar-refractivity contribution in [2.45, 2.75) is 13.0 Å². The zero-order valence-corrected chi connectivity index (χ0v) is 14.2. The highest BCUT2D eigenvalue weighted by Crippen LogP contribution is 2.21. The molecule has 1 aromatic carbocycles. The molecule has 1 unspecified atom stereocenters. The van der Waals surface area contributed by atoms with Crippen LogP contribution in [0.5, 0.6) is 0 Å². The van der Waals surface area contributed by atoms with E-state index in [2.05, 4.69) is 24.0 Å². The Kier molecular flexibility index (Phi) is 5.48. The van der Waals surface area contributed by atoms with Crippen molar-refractivity contribution < 1.29 is 14.3 Å². The largest absolute Gasteiger partial charge is 0.378 e. The van der Waals surface area contributed by atoms with Crippen molar-refractivity contribution in [3.05, 3.63) is 35.9 Å². The summed E-state index contributed by atoms with van der Waals surface area (Å²) in [5.74, 6) is -0.758. The number of morpholine rings is 1. The third-order valence-electron chi connectivity index (χ3n) is 4.91. The summed E-state index contributed by atoms with van der Waals surface area (Å²) in [6.45, 7) is 7.02. The van der Waals surface area contributed by atoms with Gasteiger partial charge in [-0.25, -0.2) is 0 Å². The van der Waals surface area contributed by atoms with Gasteiger partial charge >= 0.3 is 11.8 Å². The maximum absolute atomic E-state index is 12.4. The molecule has 6 heteroatoms. The number of carbonyl (C=O) groups excluding carboxylic acids is 2. The Bertz CT molecular complexity index is 564. The number of hydrogen-bond acceptors (Lipinski definition) is 4. The first-order valence-corrected chi connectivity index (χ1v) is 8.62. The molecular weight excluding hydrogens is 306 g/mol. The van der Waals surface area contributed by atoms with Crippen LogP contribution in [-0.4, -0.2) is 79.0 Å². The normalized spacial score (nSPS) is 20.7. The first-order chi connectivity index (χ1) is 11.7. The molecule has 2 aliphatic heterocycles. The Balaban J connectivity index is 1.52. The molecular formula is C18H25N3O3. The Morgan fingerprint density at radius 3 is 2.00 bits per heavy atom. The summed E-state index contributed by atoms with van der Waals surface area (Å²) in [7, 11) is 0. The van der Waals surface area contributed by atoms with Gasteiger partial charge in [-0.1, -0.05) is 30.3 Å². The van der Waals surface area contributed by atoms with E-state index in [-0.39, 0.29) is 11.8 Å². The van der Waals surface area contributed by atoms with Crippen LogP contribution in [0, 0.1) is 0 Å². The van der Waals surface area contributed by atoms with Gasteiger partial charge in [0, 0.05) is 45.3 Å². The number of carbonyl (C=O) groups is 2. The lowest BCUT2D eigenvalue weighted by atomic mass is 10.1. The molecule has 24 heavy (non-hydrogen) atoms. The minimum Gasteiger partial charge on any atom is -0.378 e. The number of amides is 2. The van der Waals surface area contributed by atoms with Gasteiger partial charge in [0.2, 0.25) is 0 Å². The second kappa shape index (κ2) is 7.77. The van der Waals surface area contributed by atoms with Crippen LogP contribution in [0.4, 0.5) is 0 Å². The van der Waals surface area contributed by atoms with Crippen LogP contribution < -0.4 is 0 Å². The average Bonchev–Trinajstić information content (AvgIpc) is 2.68. The SMILES string of the molecule is CC(c1ccccc1)N1CCN(C(=O)C(=O)N2CCOCC2)CC1. The molecule has 0 spiro atoms. The van der Waals surface area contributed by atoms with E-state index in [1.807, 2.05) is 18.2 Å². The Hall–Kier alpha value is -1.92. The second-order valence-electron chi connectivity index (χ2n) is 6.32. The fourth-order valence-electron chi connectivity index (χ4n) is 3.29. The molecule has 0 radical (unpaired) electrons. The maximum atomic E-state index is 12.4. The topological polar surface area (TPSA) is 53.1 Å². The van der Waals surface area contributed by atoms with Gasteiger partial charge in [-0.15, -0.1) is 0 Å². The minimum atomic E-state index is -0.386. The first-order valence-electron chi connectivity index (χ1n) is 8.62. The van der Waals surface area contributed by atoms with Gasteiger partial charge in [0.15, 0.2) is 0 Å². The number of ether oxygens (including phenoxy) is 1. The quantitative estimate of drug-likeness (QED) is 0.751. The van der Waals surface area contributed by atoms with Crippen LogP contribution in [0.25, 0.3) is 0 Å². The zero-order chi connectivity index (χ0) is 16.9. The van der Waals surface area contributed by atoms with E-state index in [1.165, 1.54) is 5.56 Å². The van der Waals surface area contributed by atoms with Crippen LogP contribution in [0.1, 0.15) is 18.5 Å². The monoisotopic (exact) mass is 331 g/mol. The number of rotatable bonds is 2. The van der Waals surface area contributed by atoms with E-state index >= 15 is 0 Å². The molecule has 0 aliphatic carbocycles. The third-order valence-corrected chi connectivity index (χ3v) is 4.91. The highest BCUT2D eigenvalue weighted by Gasteiger charge is 2.31. The summed E-state index contributed by atoms with van der Waals surface area (Å²) in [6, 6.07) is 10.7. The van der Waals surface area contributed by atoms with Crippen molar-refractivity contribution in [2.75, 3.05) is 52.5 Å².